The topological polar surface area (TPSA) is 142 Å². The van der Waals surface area contributed by atoms with Crippen LogP contribution < -0.4 is 19.6 Å². The minimum absolute atomic E-state index is 0.0859. The third-order valence-electron chi connectivity index (χ3n) is 4.89. The zero-order valence-corrected chi connectivity index (χ0v) is 19.1. The molecule has 2 aromatic rings. The number of benzene rings is 2. The highest BCUT2D eigenvalue weighted by atomic mass is 32.2. The van der Waals surface area contributed by atoms with E-state index in [1.807, 2.05) is 0 Å². The first-order chi connectivity index (χ1) is 15.8. The van der Waals surface area contributed by atoms with E-state index in [2.05, 4.69) is 10.5 Å². The molecular formula is C20H24N4O8S. The number of sulfonamides is 1. The number of rotatable bonds is 9. The summed E-state index contributed by atoms with van der Waals surface area (Å²) in [6.45, 7) is 0.787. The lowest BCUT2D eigenvalue weighted by Crippen LogP contribution is -2.40. The van der Waals surface area contributed by atoms with Crippen molar-refractivity contribution < 1.29 is 32.3 Å². The number of morpholine rings is 1. The van der Waals surface area contributed by atoms with Gasteiger partial charge in [-0.2, -0.15) is 9.41 Å². The number of ether oxygens (including phenoxy) is 4. The summed E-state index contributed by atoms with van der Waals surface area (Å²) in [7, 11) is 0.408. The number of nitro groups is 1. The third kappa shape index (κ3) is 5.16. The largest absolute Gasteiger partial charge is 0.493 e. The first kappa shape index (κ1) is 24.2. The standard InChI is InChI=1S/C20H24N4O8S/c1-29-17-7-4-14(19(30-2)20(17)31-3)13-21-22-16-6-5-15(24(25)26)12-18(16)33(27,28)23-8-10-32-11-9-23/h4-7,12-13,22H,8-11H2,1-3H3/b21-13-. The highest BCUT2D eigenvalue weighted by Crippen LogP contribution is 2.39. The first-order valence-electron chi connectivity index (χ1n) is 9.77. The summed E-state index contributed by atoms with van der Waals surface area (Å²) in [6.07, 6.45) is 1.41. The fraction of sp³-hybridized carbons (Fsp3) is 0.350. The normalized spacial score (nSPS) is 14.8. The summed E-state index contributed by atoms with van der Waals surface area (Å²) in [4.78, 5) is 10.3. The Kier molecular flexibility index (Phi) is 7.68. The number of hydrogen-bond donors (Lipinski definition) is 1. The first-order valence-corrected chi connectivity index (χ1v) is 11.2. The number of hydrogen-bond acceptors (Lipinski definition) is 10. The van der Waals surface area contributed by atoms with E-state index < -0.39 is 14.9 Å². The summed E-state index contributed by atoms with van der Waals surface area (Å²) in [5.41, 5.74) is 2.94. The van der Waals surface area contributed by atoms with Crippen molar-refractivity contribution in [3.05, 3.63) is 46.0 Å². The molecule has 0 aromatic heterocycles. The molecule has 1 aliphatic heterocycles. The van der Waals surface area contributed by atoms with Gasteiger partial charge in [-0.25, -0.2) is 8.42 Å². The summed E-state index contributed by atoms with van der Waals surface area (Å²) in [5, 5.41) is 15.4. The predicted molar refractivity (Wildman–Crippen MR) is 120 cm³/mol. The SMILES string of the molecule is COc1ccc(/C=N\Nc2ccc([N+](=O)[O-])cc2S(=O)(=O)N2CCOCC2)c(OC)c1OC. The Bertz CT molecular complexity index is 1150. The Labute approximate surface area is 190 Å². The maximum Gasteiger partial charge on any atom is 0.270 e. The average molecular weight is 480 g/mol. The number of hydrazone groups is 1. The Morgan fingerprint density at radius 3 is 2.39 bits per heavy atom. The molecule has 33 heavy (non-hydrogen) atoms. The maximum atomic E-state index is 13.2. The van der Waals surface area contributed by atoms with Crippen LogP contribution in [0.3, 0.4) is 0 Å². The molecule has 0 spiro atoms. The van der Waals surface area contributed by atoms with E-state index in [1.165, 1.54) is 44.0 Å². The minimum atomic E-state index is -4.02. The van der Waals surface area contributed by atoms with Gasteiger partial charge in [0.2, 0.25) is 15.8 Å². The number of non-ortho nitro benzene ring substituents is 1. The molecule has 1 fully saturated rings. The van der Waals surface area contributed by atoms with Crippen LogP contribution in [0.15, 0.2) is 40.3 Å². The number of nitrogens with one attached hydrogen (secondary N) is 1. The molecule has 0 aliphatic carbocycles. The van der Waals surface area contributed by atoms with E-state index >= 15 is 0 Å². The van der Waals surface area contributed by atoms with Gasteiger partial charge >= 0.3 is 0 Å². The average Bonchev–Trinajstić information content (AvgIpc) is 2.83. The Morgan fingerprint density at radius 2 is 1.79 bits per heavy atom. The second-order valence-electron chi connectivity index (χ2n) is 6.75. The number of anilines is 1. The summed E-state index contributed by atoms with van der Waals surface area (Å²) >= 11 is 0. The van der Waals surface area contributed by atoms with Crippen molar-refractivity contribution in [2.75, 3.05) is 53.1 Å². The number of nitrogens with zero attached hydrogens (tertiary/aromatic N) is 3. The second kappa shape index (κ2) is 10.5. The van der Waals surface area contributed by atoms with Crippen molar-refractivity contribution in [3.63, 3.8) is 0 Å². The van der Waals surface area contributed by atoms with Crippen LogP contribution in [0.2, 0.25) is 0 Å². The summed E-state index contributed by atoms with van der Waals surface area (Å²) in [6, 6.07) is 6.87. The van der Waals surface area contributed by atoms with Gasteiger partial charge in [0.25, 0.3) is 5.69 Å². The molecule has 0 radical (unpaired) electrons. The third-order valence-corrected chi connectivity index (χ3v) is 6.83. The predicted octanol–water partition coefficient (Wildman–Crippen LogP) is 2.09. The molecular weight excluding hydrogens is 456 g/mol. The van der Waals surface area contributed by atoms with Crippen molar-refractivity contribution in [2.45, 2.75) is 4.90 Å². The van der Waals surface area contributed by atoms with Crippen molar-refractivity contribution in [3.8, 4) is 17.2 Å². The van der Waals surface area contributed by atoms with Gasteiger partial charge in [-0.3, -0.25) is 15.5 Å². The molecule has 178 valence electrons. The van der Waals surface area contributed by atoms with E-state index in [0.29, 0.717) is 22.8 Å². The zero-order valence-electron chi connectivity index (χ0n) is 18.3. The van der Waals surface area contributed by atoms with E-state index in [-0.39, 0.29) is 42.6 Å². The van der Waals surface area contributed by atoms with Crippen LogP contribution in [0.4, 0.5) is 11.4 Å². The van der Waals surface area contributed by atoms with Gasteiger partial charge in [-0.1, -0.05) is 0 Å². The molecule has 13 heteroatoms. The second-order valence-corrected chi connectivity index (χ2v) is 8.65. The van der Waals surface area contributed by atoms with Crippen molar-refractivity contribution in [2.24, 2.45) is 5.10 Å². The van der Waals surface area contributed by atoms with Gasteiger partial charge in [0.1, 0.15) is 4.90 Å². The van der Waals surface area contributed by atoms with Gasteiger partial charge in [0.15, 0.2) is 11.5 Å². The Hall–Kier alpha value is -3.42. The molecule has 0 unspecified atom stereocenters. The molecule has 0 saturated carbocycles. The summed E-state index contributed by atoms with van der Waals surface area (Å²) < 4.78 is 48.8. The number of methoxy groups -OCH3 is 3. The lowest BCUT2D eigenvalue weighted by molar-refractivity contribution is -0.385. The summed E-state index contributed by atoms with van der Waals surface area (Å²) in [5.74, 6) is 1.20. The molecule has 0 amide bonds. The zero-order chi connectivity index (χ0) is 24.0. The molecule has 1 saturated heterocycles. The van der Waals surface area contributed by atoms with Crippen LogP contribution in [-0.4, -0.2) is 71.5 Å². The van der Waals surface area contributed by atoms with Gasteiger partial charge in [0.05, 0.1) is 51.4 Å². The van der Waals surface area contributed by atoms with E-state index in [9.17, 15) is 18.5 Å². The highest BCUT2D eigenvalue weighted by Gasteiger charge is 2.30. The van der Waals surface area contributed by atoms with Crippen molar-refractivity contribution in [1.82, 2.24) is 4.31 Å². The monoisotopic (exact) mass is 480 g/mol. The van der Waals surface area contributed by atoms with Crippen LogP contribution in [0, 0.1) is 10.1 Å². The van der Waals surface area contributed by atoms with Crippen molar-refractivity contribution >= 4 is 27.6 Å². The molecule has 1 heterocycles. The van der Waals surface area contributed by atoms with Gasteiger partial charge in [0, 0.05) is 30.8 Å². The van der Waals surface area contributed by atoms with Crippen LogP contribution >= 0.6 is 0 Å². The molecule has 12 nitrogen and oxygen atoms in total. The van der Waals surface area contributed by atoms with Crippen LogP contribution in [0.25, 0.3) is 0 Å². The van der Waals surface area contributed by atoms with E-state index in [1.54, 1.807) is 12.1 Å². The lowest BCUT2D eigenvalue weighted by atomic mass is 10.2. The fourth-order valence-electron chi connectivity index (χ4n) is 3.25. The molecule has 2 aromatic carbocycles. The molecule has 1 aliphatic rings. The van der Waals surface area contributed by atoms with Gasteiger partial charge < -0.3 is 18.9 Å². The minimum Gasteiger partial charge on any atom is -0.493 e. The van der Waals surface area contributed by atoms with Gasteiger partial charge in [-0.05, 0) is 18.2 Å². The lowest BCUT2D eigenvalue weighted by Gasteiger charge is -2.26. The molecule has 0 bridgehead atoms. The van der Waals surface area contributed by atoms with Crippen LogP contribution in [-0.2, 0) is 14.8 Å². The molecule has 3 rings (SSSR count). The highest BCUT2D eigenvalue weighted by molar-refractivity contribution is 7.89. The van der Waals surface area contributed by atoms with E-state index in [0.717, 1.165) is 6.07 Å². The fourth-order valence-corrected chi connectivity index (χ4v) is 4.82. The quantitative estimate of drug-likeness (QED) is 0.324. The molecule has 0 atom stereocenters. The smallest absolute Gasteiger partial charge is 0.270 e. The Balaban J connectivity index is 1.96. The molecule has 1 N–H and O–H groups in total. The number of nitro benzene ring substituents is 1. The Morgan fingerprint density at radius 1 is 1.09 bits per heavy atom. The van der Waals surface area contributed by atoms with Gasteiger partial charge in [-0.15, -0.1) is 0 Å². The van der Waals surface area contributed by atoms with Crippen molar-refractivity contribution in [1.29, 1.82) is 0 Å². The maximum absolute atomic E-state index is 13.2. The van der Waals surface area contributed by atoms with E-state index in [4.69, 9.17) is 18.9 Å². The van der Waals surface area contributed by atoms with Crippen LogP contribution in [0.1, 0.15) is 5.56 Å². The van der Waals surface area contributed by atoms with Crippen LogP contribution in [0.5, 0.6) is 17.2 Å².